The summed E-state index contributed by atoms with van der Waals surface area (Å²) in [6.45, 7) is 3.23. The quantitative estimate of drug-likeness (QED) is 0.703. The molecule has 1 saturated heterocycles. The molecule has 6 nitrogen and oxygen atoms in total. The maximum Gasteiger partial charge on any atom is 0.251 e. The van der Waals surface area contributed by atoms with Gasteiger partial charge < -0.3 is 14.8 Å². The number of para-hydroxylation sites is 2. The molecular weight excluding hydrogens is 383 g/mol. The molecule has 0 bridgehead atoms. The summed E-state index contributed by atoms with van der Waals surface area (Å²) < 4.78 is 15.0. The molecule has 0 aliphatic carbocycles. The summed E-state index contributed by atoms with van der Waals surface area (Å²) in [5.41, 5.74) is 2.02. The van der Waals surface area contributed by atoms with Crippen LogP contribution < -0.4 is 5.32 Å². The van der Waals surface area contributed by atoms with Gasteiger partial charge in [0.05, 0.1) is 17.6 Å². The van der Waals surface area contributed by atoms with Gasteiger partial charge in [-0.05, 0) is 62.6 Å². The van der Waals surface area contributed by atoms with Crippen molar-refractivity contribution in [2.24, 2.45) is 0 Å². The lowest BCUT2D eigenvalue weighted by atomic mass is 10.0. The number of imidazole rings is 1. The SMILES string of the molecule is CC1CCCCN1C(=O)Cn1c(CNC(=O)c2ccc(F)cc2)nc2ccccc21. The minimum atomic E-state index is -0.390. The molecule has 1 fully saturated rings. The third-order valence-electron chi connectivity index (χ3n) is 5.66. The molecule has 7 heteroatoms. The number of likely N-dealkylation sites (tertiary alicyclic amines) is 1. The zero-order chi connectivity index (χ0) is 21.1. The lowest BCUT2D eigenvalue weighted by Crippen LogP contribution is -2.43. The summed E-state index contributed by atoms with van der Waals surface area (Å²) in [4.78, 5) is 32.0. The van der Waals surface area contributed by atoms with Crippen LogP contribution in [0.15, 0.2) is 48.5 Å². The first-order valence-corrected chi connectivity index (χ1v) is 10.3. The molecule has 4 rings (SSSR count). The Morgan fingerprint density at radius 3 is 2.67 bits per heavy atom. The second-order valence-electron chi connectivity index (χ2n) is 7.72. The number of benzene rings is 2. The van der Waals surface area contributed by atoms with Crippen LogP contribution in [-0.4, -0.2) is 38.9 Å². The molecule has 30 heavy (non-hydrogen) atoms. The summed E-state index contributed by atoms with van der Waals surface area (Å²) in [7, 11) is 0. The molecular formula is C23H25FN4O2. The topological polar surface area (TPSA) is 67.2 Å². The Morgan fingerprint density at radius 2 is 1.90 bits per heavy atom. The van der Waals surface area contributed by atoms with E-state index in [0.717, 1.165) is 36.8 Å². The van der Waals surface area contributed by atoms with Gasteiger partial charge in [-0.2, -0.15) is 0 Å². The normalized spacial score (nSPS) is 16.6. The molecule has 1 atom stereocenters. The van der Waals surface area contributed by atoms with E-state index in [0.29, 0.717) is 11.4 Å². The number of fused-ring (bicyclic) bond motifs is 1. The second kappa shape index (κ2) is 8.65. The summed E-state index contributed by atoms with van der Waals surface area (Å²) >= 11 is 0. The first kappa shape index (κ1) is 20.1. The van der Waals surface area contributed by atoms with Crippen molar-refractivity contribution in [2.45, 2.75) is 45.3 Å². The van der Waals surface area contributed by atoms with E-state index >= 15 is 0 Å². The van der Waals surface area contributed by atoms with Crippen LogP contribution in [-0.2, 0) is 17.9 Å². The smallest absolute Gasteiger partial charge is 0.251 e. The molecule has 0 saturated carbocycles. The number of carbonyl (C=O) groups is 2. The fraction of sp³-hybridized carbons (Fsp3) is 0.348. The molecule has 1 N–H and O–H groups in total. The van der Waals surface area contributed by atoms with E-state index in [1.807, 2.05) is 33.7 Å². The third-order valence-corrected chi connectivity index (χ3v) is 5.66. The number of amides is 2. The Bertz CT molecular complexity index is 1060. The number of aromatic nitrogens is 2. The summed E-state index contributed by atoms with van der Waals surface area (Å²) in [6.07, 6.45) is 3.21. The van der Waals surface area contributed by atoms with Crippen molar-refractivity contribution in [2.75, 3.05) is 6.54 Å². The Labute approximate surface area is 174 Å². The van der Waals surface area contributed by atoms with Crippen LogP contribution in [0.3, 0.4) is 0 Å². The van der Waals surface area contributed by atoms with Crippen molar-refractivity contribution in [3.05, 3.63) is 65.7 Å². The molecule has 2 amide bonds. The van der Waals surface area contributed by atoms with Gasteiger partial charge in [-0.15, -0.1) is 0 Å². The van der Waals surface area contributed by atoms with E-state index in [4.69, 9.17) is 0 Å². The summed E-state index contributed by atoms with van der Waals surface area (Å²) in [5, 5.41) is 2.83. The molecule has 1 aliphatic rings. The van der Waals surface area contributed by atoms with Crippen LogP contribution in [0.2, 0.25) is 0 Å². The van der Waals surface area contributed by atoms with Crippen molar-refractivity contribution in [1.29, 1.82) is 0 Å². The molecule has 2 heterocycles. The van der Waals surface area contributed by atoms with E-state index in [1.54, 1.807) is 0 Å². The highest BCUT2D eigenvalue weighted by Crippen LogP contribution is 2.20. The van der Waals surface area contributed by atoms with Gasteiger partial charge in [-0.3, -0.25) is 9.59 Å². The molecule has 0 spiro atoms. The van der Waals surface area contributed by atoms with Gasteiger partial charge in [-0.1, -0.05) is 12.1 Å². The predicted molar refractivity (Wildman–Crippen MR) is 112 cm³/mol. The van der Waals surface area contributed by atoms with Crippen molar-refractivity contribution >= 4 is 22.8 Å². The largest absolute Gasteiger partial charge is 0.345 e. The van der Waals surface area contributed by atoms with Crippen molar-refractivity contribution in [3.63, 3.8) is 0 Å². The van der Waals surface area contributed by atoms with Crippen LogP contribution >= 0.6 is 0 Å². The maximum atomic E-state index is 13.1. The van der Waals surface area contributed by atoms with Crippen LogP contribution in [0.5, 0.6) is 0 Å². The van der Waals surface area contributed by atoms with Gasteiger partial charge in [0.15, 0.2) is 0 Å². The highest BCUT2D eigenvalue weighted by Gasteiger charge is 2.24. The number of halogens is 1. The van der Waals surface area contributed by atoms with Gasteiger partial charge in [0.2, 0.25) is 5.91 Å². The molecule has 156 valence electrons. The minimum absolute atomic E-state index is 0.0662. The number of piperidine rings is 1. The molecule has 0 radical (unpaired) electrons. The van der Waals surface area contributed by atoms with E-state index in [9.17, 15) is 14.0 Å². The lowest BCUT2D eigenvalue weighted by Gasteiger charge is -2.33. The number of rotatable bonds is 5. The van der Waals surface area contributed by atoms with E-state index in [1.165, 1.54) is 24.3 Å². The monoisotopic (exact) mass is 408 g/mol. The average molecular weight is 408 g/mol. The molecule has 3 aromatic rings. The number of nitrogens with one attached hydrogen (secondary N) is 1. The Balaban J connectivity index is 1.54. The Hall–Kier alpha value is -3.22. The van der Waals surface area contributed by atoms with Crippen molar-refractivity contribution < 1.29 is 14.0 Å². The summed E-state index contributed by atoms with van der Waals surface area (Å²) in [6, 6.07) is 13.3. The average Bonchev–Trinajstić information content (AvgIpc) is 3.10. The van der Waals surface area contributed by atoms with Gasteiger partial charge in [0.1, 0.15) is 18.2 Å². The fourth-order valence-corrected chi connectivity index (χ4v) is 3.99. The maximum absolute atomic E-state index is 13.1. The van der Waals surface area contributed by atoms with Gasteiger partial charge in [-0.25, -0.2) is 9.37 Å². The lowest BCUT2D eigenvalue weighted by molar-refractivity contribution is -0.135. The van der Waals surface area contributed by atoms with Crippen molar-refractivity contribution in [1.82, 2.24) is 19.8 Å². The number of hydrogen-bond acceptors (Lipinski definition) is 3. The highest BCUT2D eigenvalue weighted by molar-refractivity contribution is 5.94. The van der Waals surface area contributed by atoms with Crippen LogP contribution in [0, 0.1) is 5.82 Å². The van der Waals surface area contributed by atoms with E-state index in [2.05, 4.69) is 17.2 Å². The van der Waals surface area contributed by atoms with Gasteiger partial charge >= 0.3 is 0 Å². The van der Waals surface area contributed by atoms with E-state index < -0.39 is 5.82 Å². The molecule has 1 aliphatic heterocycles. The van der Waals surface area contributed by atoms with Gasteiger partial charge in [0.25, 0.3) is 5.91 Å². The number of hydrogen-bond donors (Lipinski definition) is 1. The molecule has 2 aromatic carbocycles. The zero-order valence-electron chi connectivity index (χ0n) is 17.0. The first-order valence-electron chi connectivity index (χ1n) is 10.3. The minimum Gasteiger partial charge on any atom is -0.345 e. The Morgan fingerprint density at radius 1 is 1.13 bits per heavy atom. The number of nitrogens with zero attached hydrogens (tertiary/aromatic N) is 3. The molecule has 1 unspecified atom stereocenters. The zero-order valence-corrected chi connectivity index (χ0v) is 17.0. The number of carbonyl (C=O) groups excluding carboxylic acids is 2. The van der Waals surface area contributed by atoms with Crippen LogP contribution in [0.25, 0.3) is 11.0 Å². The fourth-order valence-electron chi connectivity index (χ4n) is 3.99. The van der Waals surface area contributed by atoms with Crippen molar-refractivity contribution in [3.8, 4) is 0 Å². The Kier molecular flexibility index (Phi) is 5.79. The standard InChI is InChI=1S/C23H25FN4O2/c1-16-6-4-5-13-27(16)22(29)15-28-20-8-3-2-7-19(20)26-21(28)14-25-23(30)17-9-11-18(24)12-10-17/h2-3,7-12,16H,4-6,13-15H2,1H3,(H,25,30). The van der Waals surface area contributed by atoms with E-state index in [-0.39, 0.29) is 30.9 Å². The highest BCUT2D eigenvalue weighted by atomic mass is 19.1. The molecule has 1 aromatic heterocycles. The van der Waals surface area contributed by atoms with Gasteiger partial charge in [0, 0.05) is 18.2 Å². The second-order valence-corrected chi connectivity index (χ2v) is 7.72. The third kappa shape index (κ3) is 4.20. The summed E-state index contributed by atoms with van der Waals surface area (Å²) in [5.74, 6) is -0.0236. The van der Waals surface area contributed by atoms with Crippen LogP contribution in [0.4, 0.5) is 4.39 Å². The predicted octanol–water partition coefficient (Wildman–Crippen LogP) is 3.51. The van der Waals surface area contributed by atoms with Crippen LogP contribution in [0.1, 0.15) is 42.4 Å². The first-order chi connectivity index (χ1) is 14.5.